The summed E-state index contributed by atoms with van der Waals surface area (Å²) in [4.78, 5) is 12.7. The molecule has 1 N–H and O–H groups in total. The van der Waals surface area contributed by atoms with Crippen LogP contribution in [0.5, 0.6) is 0 Å². The molecule has 1 saturated carbocycles. The third kappa shape index (κ3) is 2.41. The highest BCUT2D eigenvalue weighted by atomic mass is 16.4. The van der Waals surface area contributed by atoms with E-state index in [1.807, 2.05) is 20.8 Å². The van der Waals surface area contributed by atoms with E-state index in [0.29, 0.717) is 6.42 Å². The van der Waals surface area contributed by atoms with Crippen molar-refractivity contribution in [3.8, 4) is 6.07 Å². The van der Waals surface area contributed by atoms with Gasteiger partial charge in [0.1, 0.15) is 0 Å². The standard InChI is InChI=1S/C11H18N2O2/c1-11(2,3)13(10(14)15)9-5-4-8(9)6-7-12/h8-9H,4-6H2,1-3H3,(H,14,15)/t8-,9+/m1/s1. The molecule has 1 rings (SSSR count). The van der Waals surface area contributed by atoms with E-state index in [2.05, 4.69) is 6.07 Å². The third-order valence-corrected chi connectivity index (χ3v) is 2.99. The molecule has 0 aromatic heterocycles. The zero-order valence-corrected chi connectivity index (χ0v) is 9.53. The van der Waals surface area contributed by atoms with E-state index in [1.54, 1.807) is 0 Å². The lowest BCUT2D eigenvalue weighted by Gasteiger charge is -2.48. The second-order valence-electron chi connectivity index (χ2n) is 5.09. The number of carbonyl (C=O) groups is 1. The number of carboxylic acid groups (broad SMARTS) is 1. The predicted molar refractivity (Wildman–Crippen MR) is 56.4 cm³/mol. The average molecular weight is 210 g/mol. The Kier molecular flexibility index (Phi) is 3.23. The van der Waals surface area contributed by atoms with Crippen LogP contribution in [0.15, 0.2) is 0 Å². The maximum atomic E-state index is 11.2. The molecule has 0 spiro atoms. The van der Waals surface area contributed by atoms with Crippen molar-refractivity contribution in [3.63, 3.8) is 0 Å². The molecule has 1 aliphatic carbocycles. The fourth-order valence-corrected chi connectivity index (χ4v) is 2.17. The second-order valence-corrected chi connectivity index (χ2v) is 5.09. The Morgan fingerprint density at radius 1 is 1.53 bits per heavy atom. The number of rotatable bonds is 2. The van der Waals surface area contributed by atoms with E-state index < -0.39 is 6.09 Å². The lowest BCUT2D eigenvalue weighted by molar-refractivity contribution is 0.00893. The van der Waals surface area contributed by atoms with Crippen molar-refractivity contribution >= 4 is 6.09 Å². The number of hydrogen-bond donors (Lipinski definition) is 1. The topological polar surface area (TPSA) is 64.3 Å². The molecule has 0 radical (unpaired) electrons. The van der Waals surface area contributed by atoms with Gasteiger partial charge in [-0.25, -0.2) is 4.79 Å². The second kappa shape index (κ2) is 4.09. The summed E-state index contributed by atoms with van der Waals surface area (Å²) in [5, 5.41) is 17.8. The first-order chi connectivity index (χ1) is 6.88. The summed E-state index contributed by atoms with van der Waals surface area (Å²) in [5.74, 6) is 0.227. The summed E-state index contributed by atoms with van der Waals surface area (Å²) in [7, 11) is 0. The third-order valence-electron chi connectivity index (χ3n) is 2.99. The molecule has 4 heteroatoms. The van der Waals surface area contributed by atoms with Crippen LogP contribution < -0.4 is 0 Å². The molecule has 0 aliphatic heterocycles. The zero-order chi connectivity index (χ0) is 11.6. The molecule has 1 aliphatic rings. The van der Waals surface area contributed by atoms with Crippen molar-refractivity contribution in [2.45, 2.75) is 51.6 Å². The largest absolute Gasteiger partial charge is 0.465 e. The van der Waals surface area contributed by atoms with E-state index in [4.69, 9.17) is 5.26 Å². The van der Waals surface area contributed by atoms with Gasteiger partial charge in [0.25, 0.3) is 0 Å². The molecule has 0 aromatic carbocycles. The Morgan fingerprint density at radius 2 is 2.13 bits per heavy atom. The van der Waals surface area contributed by atoms with Gasteiger partial charge in [0.2, 0.25) is 0 Å². The number of nitriles is 1. The Bertz CT molecular complexity index is 288. The number of hydrogen-bond acceptors (Lipinski definition) is 2. The van der Waals surface area contributed by atoms with Crippen LogP contribution in [0.25, 0.3) is 0 Å². The van der Waals surface area contributed by atoms with E-state index in [-0.39, 0.29) is 17.5 Å². The summed E-state index contributed by atoms with van der Waals surface area (Å²) in [6.07, 6.45) is 1.44. The molecule has 15 heavy (non-hydrogen) atoms. The van der Waals surface area contributed by atoms with Crippen LogP contribution in [-0.4, -0.2) is 27.7 Å². The van der Waals surface area contributed by atoms with E-state index in [9.17, 15) is 9.90 Å². The van der Waals surface area contributed by atoms with Gasteiger partial charge in [0, 0.05) is 18.0 Å². The molecule has 0 unspecified atom stereocenters. The van der Waals surface area contributed by atoms with Gasteiger partial charge in [-0.3, -0.25) is 0 Å². The molecular formula is C11H18N2O2. The zero-order valence-electron chi connectivity index (χ0n) is 9.53. The molecule has 0 heterocycles. The minimum atomic E-state index is -0.880. The first kappa shape index (κ1) is 11.8. The average Bonchev–Trinajstić information content (AvgIpc) is 2.05. The summed E-state index contributed by atoms with van der Waals surface area (Å²) < 4.78 is 0. The van der Waals surface area contributed by atoms with Gasteiger partial charge < -0.3 is 10.0 Å². The quantitative estimate of drug-likeness (QED) is 0.761. The van der Waals surface area contributed by atoms with E-state index >= 15 is 0 Å². The van der Waals surface area contributed by atoms with Gasteiger partial charge >= 0.3 is 6.09 Å². The van der Waals surface area contributed by atoms with Crippen LogP contribution in [0, 0.1) is 17.2 Å². The lowest BCUT2D eigenvalue weighted by atomic mass is 9.75. The van der Waals surface area contributed by atoms with Crippen LogP contribution in [0.3, 0.4) is 0 Å². The molecule has 0 saturated heterocycles. The number of amides is 1. The summed E-state index contributed by atoms with van der Waals surface area (Å²) in [5.41, 5.74) is -0.384. The van der Waals surface area contributed by atoms with Crippen LogP contribution >= 0.6 is 0 Å². The molecule has 4 nitrogen and oxygen atoms in total. The number of nitrogens with zero attached hydrogens (tertiary/aromatic N) is 2. The van der Waals surface area contributed by atoms with Gasteiger partial charge in [0.15, 0.2) is 0 Å². The van der Waals surface area contributed by atoms with Gasteiger partial charge in [-0.2, -0.15) is 5.26 Å². The molecule has 2 atom stereocenters. The smallest absolute Gasteiger partial charge is 0.407 e. The fourth-order valence-electron chi connectivity index (χ4n) is 2.17. The maximum absolute atomic E-state index is 11.2. The van der Waals surface area contributed by atoms with Crippen molar-refractivity contribution < 1.29 is 9.90 Å². The maximum Gasteiger partial charge on any atom is 0.407 e. The van der Waals surface area contributed by atoms with Crippen molar-refractivity contribution in [1.29, 1.82) is 5.26 Å². The summed E-state index contributed by atoms with van der Waals surface area (Å²) in [6.45, 7) is 5.68. The normalized spacial score (nSPS) is 25.2. The van der Waals surface area contributed by atoms with E-state index in [1.165, 1.54) is 4.90 Å². The summed E-state index contributed by atoms with van der Waals surface area (Å²) in [6, 6.07) is 2.16. The van der Waals surface area contributed by atoms with Crippen molar-refractivity contribution in [2.24, 2.45) is 5.92 Å². The van der Waals surface area contributed by atoms with Crippen molar-refractivity contribution in [2.75, 3.05) is 0 Å². The van der Waals surface area contributed by atoms with Crippen LogP contribution in [0.2, 0.25) is 0 Å². The molecule has 84 valence electrons. The first-order valence-corrected chi connectivity index (χ1v) is 5.27. The summed E-state index contributed by atoms with van der Waals surface area (Å²) >= 11 is 0. The highest BCUT2D eigenvalue weighted by molar-refractivity contribution is 5.66. The molecule has 0 aromatic rings. The predicted octanol–water partition coefficient (Wildman–Crippen LogP) is 2.46. The Labute approximate surface area is 90.5 Å². The highest BCUT2D eigenvalue weighted by Gasteiger charge is 2.42. The minimum Gasteiger partial charge on any atom is -0.465 e. The van der Waals surface area contributed by atoms with Crippen LogP contribution in [-0.2, 0) is 0 Å². The highest BCUT2D eigenvalue weighted by Crippen LogP contribution is 2.37. The van der Waals surface area contributed by atoms with Crippen LogP contribution in [0.4, 0.5) is 4.79 Å². The minimum absolute atomic E-state index is 0.0298. The van der Waals surface area contributed by atoms with Gasteiger partial charge in [0.05, 0.1) is 6.07 Å². The van der Waals surface area contributed by atoms with Crippen molar-refractivity contribution in [1.82, 2.24) is 4.90 Å². The fraction of sp³-hybridized carbons (Fsp3) is 0.818. The first-order valence-electron chi connectivity index (χ1n) is 5.27. The molecular weight excluding hydrogens is 192 g/mol. The molecule has 0 bridgehead atoms. The van der Waals surface area contributed by atoms with Crippen LogP contribution in [0.1, 0.15) is 40.0 Å². The molecule has 1 amide bonds. The SMILES string of the molecule is CC(C)(C)N(C(=O)O)[C@H]1CC[C@@H]1CC#N. The Hall–Kier alpha value is -1.24. The van der Waals surface area contributed by atoms with Gasteiger partial charge in [-0.05, 0) is 39.5 Å². The van der Waals surface area contributed by atoms with Gasteiger partial charge in [-0.15, -0.1) is 0 Å². The molecule has 1 fully saturated rings. The van der Waals surface area contributed by atoms with Gasteiger partial charge in [-0.1, -0.05) is 0 Å². The monoisotopic (exact) mass is 210 g/mol. The Balaban J connectivity index is 2.75. The Morgan fingerprint density at radius 3 is 2.40 bits per heavy atom. The van der Waals surface area contributed by atoms with Crippen molar-refractivity contribution in [3.05, 3.63) is 0 Å². The lowest BCUT2D eigenvalue weighted by Crippen LogP contribution is -2.57. The van der Waals surface area contributed by atoms with E-state index in [0.717, 1.165) is 12.8 Å².